The summed E-state index contributed by atoms with van der Waals surface area (Å²) >= 11 is 1.67. The summed E-state index contributed by atoms with van der Waals surface area (Å²) in [5, 5.41) is 3.35. The van der Waals surface area contributed by atoms with Crippen LogP contribution in [-0.4, -0.2) is 29.6 Å². The molecular weight excluding hydrogens is 260 g/mol. The first-order valence-electron chi connectivity index (χ1n) is 6.45. The molecule has 0 bridgehead atoms. The molecular formula is C14H20N2O2S. The minimum atomic E-state index is 0.0250. The van der Waals surface area contributed by atoms with Crippen LogP contribution in [0, 0.1) is 6.92 Å². The van der Waals surface area contributed by atoms with Crippen LogP contribution in [0.15, 0.2) is 18.2 Å². The van der Waals surface area contributed by atoms with Gasteiger partial charge in [-0.15, -0.1) is 11.8 Å². The molecule has 0 radical (unpaired) electrons. The molecule has 104 valence electrons. The summed E-state index contributed by atoms with van der Waals surface area (Å²) < 4.78 is 5.48. The third kappa shape index (κ3) is 3.88. The van der Waals surface area contributed by atoms with Crippen LogP contribution < -0.4 is 11.1 Å². The molecule has 4 nitrogen and oxygen atoms in total. The maximum Gasteiger partial charge on any atom is 0.234 e. The molecule has 1 amide bonds. The largest absolute Gasteiger partial charge is 0.399 e. The predicted molar refractivity (Wildman–Crippen MR) is 80.5 cm³/mol. The monoisotopic (exact) mass is 280 g/mol. The molecule has 3 N–H and O–H groups in total. The molecule has 1 aliphatic heterocycles. The highest BCUT2D eigenvalue weighted by Gasteiger charge is 2.25. The summed E-state index contributed by atoms with van der Waals surface area (Å²) in [5.74, 6) is 0.485. The second kappa shape index (κ2) is 6.30. The number of carbonyl (C=O) groups is 1. The standard InChI is InChI=1S/C14H20N2O2S/c1-9-7-11(15)3-4-12(9)16-14(17)8-19-13-5-6-18-10(13)2/h3-4,7,10,13H,5-6,8,15H2,1-2H3,(H,16,17). The molecule has 0 aromatic heterocycles. The first-order valence-corrected chi connectivity index (χ1v) is 7.50. The Balaban J connectivity index is 1.84. The lowest BCUT2D eigenvalue weighted by Crippen LogP contribution is -2.20. The zero-order valence-electron chi connectivity index (χ0n) is 11.3. The van der Waals surface area contributed by atoms with Crippen molar-refractivity contribution in [2.24, 2.45) is 0 Å². The number of nitrogens with one attached hydrogen (secondary N) is 1. The topological polar surface area (TPSA) is 64.3 Å². The Morgan fingerprint density at radius 1 is 1.58 bits per heavy atom. The summed E-state index contributed by atoms with van der Waals surface area (Å²) in [6.45, 7) is 4.80. The first-order chi connectivity index (χ1) is 9.06. The zero-order chi connectivity index (χ0) is 13.8. The van der Waals surface area contributed by atoms with Gasteiger partial charge in [0.2, 0.25) is 5.91 Å². The lowest BCUT2D eigenvalue weighted by atomic mass is 10.2. The Bertz CT molecular complexity index is 465. The molecule has 1 fully saturated rings. The Hall–Kier alpha value is -1.20. The average Bonchev–Trinajstić information content (AvgIpc) is 2.76. The van der Waals surface area contributed by atoms with Gasteiger partial charge in [0.05, 0.1) is 11.9 Å². The van der Waals surface area contributed by atoms with Gasteiger partial charge in [-0.05, 0) is 44.0 Å². The highest BCUT2D eigenvalue weighted by Crippen LogP contribution is 2.26. The number of amides is 1. The fraction of sp³-hybridized carbons (Fsp3) is 0.500. The number of ether oxygens (including phenoxy) is 1. The Morgan fingerprint density at radius 2 is 2.37 bits per heavy atom. The van der Waals surface area contributed by atoms with Gasteiger partial charge < -0.3 is 15.8 Å². The number of hydrogen-bond donors (Lipinski definition) is 2. The van der Waals surface area contributed by atoms with Crippen molar-refractivity contribution in [2.75, 3.05) is 23.4 Å². The number of aryl methyl sites for hydroxylation is 1. The van der Waals surface area contributed by atoms with Gasteiger partial charge in [0.1, 0.15) is 0 Å². The lowest BCUT2D eigenvalue weighted by molar-refractivity contribution is -0.113. The van der Waals surface area contributed by atoms with Crippen LogP contribution >= 0.6 is 11.8 Å². The molecule has 1 aromatic carbocycles. The quantitative estimate of drug-likeness (QED) is 0.831. The van der Waals surface area contributed by atoms with Crippen LogP contribution in [0.25, 0.3) is 0 Å². The van der Waals surface area contributed by atoms with E-state index in [4.69, 9.17) is 10.5 Å². The number of hydrogen-bond acceptors (Lipinski definition) is 4. The van der Waals surface area contributed by atoms with Crippen LogP contribution in [0.4, 0.5) is 11.4 Å². The molecule has 0 aliphatic carbocycles. The van der Waals surface area contributed by atoms with Gasteiger partial charge in [0, 0.05) is 23.2 Å². The normalized spacial score (nSPS) is 22.4. The smallest absolute Gasteiger partial charge is 0.234 e. The van der Waals surface area contributed by atoms with E-state index >= 15 is 0 Å². The van der Waals surface area contributed by atoms with Crippen molar-refractivity contribution in [2.45, 2.75) is 31.6 Å². The molecule has 19 heavy (non-hydrogen) atoms. The van der Waals surface area contributed by atoms with E-state index in [0.29, 0.717) is 16.7 Å². The summed E-state index contributed by atoms with van der Waals surface area (Å²) in [6, 6.07) is 5.49. The van der Waals surface area contributed by atoms with E-state index in [1.807, 2.05) is 19.1 Å². The summed E-state index contributed by atoms with van der Waals surface area (Å²) in [6.07, 6.45) is 1.27. The molecule has 5 heteroatoms. The second-order valence-corrected chi connectivity index (χ2v) is 6.06. The maximum absolute atomic E-state index is 11.9. The minimum Gasteiger partial charge on any atom is -0.399 e. The van der Waals surface area contributed by atoms with Crippen molar-refractivity contribution in [3.63, 3.8) is 0 Å². The van der Waals surface area contributed by atoms with Gasteiger partial charge in [0.25, 0.3) is 0 Å². The van der Waals surface area contributed by atoms with Crippen molar-refractivity contribution in [3.8, 4) is 0 Å². The number of nitrogens with two attached hydrogens (primary N) is 1. The lowest BCUT2D eigenvalue weighted by Gasteiger charge is -2.14. The van der Waals surface area contributed by atoms with Gasteiger partial charge in [-0.2, -0.15) is 0 Å². The minimum absolute atomic E-state index is 0.0250. The van der Waals surface area contributed by atoms with Crippen molar-refractivity contribution in [1.29, 1.82) is 0 Å². The highest BCUT2D eigenvalue weighted by atomic mass is 32.2. The first kappa shape index (κ1) is 14.2. The number of carbonyl (C=O) groups excluding carboxylic acids is 1. The third-order valence-corrected chi connectivity index (χ3v) is 4.74. The van der Waals surface area contributed by atoms with Crippen molar-refractivity contribution >= 4 is 29.0 Å². The van der Waals surface area contributed by atoms with Crippen LogP contribution in [0.5, 0.6) is 0 Å². The highest BCUT2D eigenvalue weighted by molar-refractivity contribution is 8.00. The van der Waals surface area contributed by atoms with Crippen LogP contribution in [-0.2, 0) is 9.53 Å². The van der Waals surface area contributed by atoms with Crippen molar-refractivity contribution < 1.29 is 9.53 Å². The predicted octanol–water partition coefficient (Wildman–Crippen LogP) is 2.43. The molecule has 1 saturated heterocycles. The third-order valence-electron chi connectivity index (χ3n) is 3.26. The zero-order valence-corrected chi connectivity index (χ0v) is 12.1. The van der Waals surface area contributed by atoms with E-state index in [0.717, 1.165) is 24.3 Å². The van der Waals surface area contributed by atoms with Crippen molar-refractivity contribution in [3.05, 3.63) is 23.8 Å². The summed E-state index contributed by atoms with van der Waals surface area (Å²) in [4.78, 5) is 11.9. The number of benzene rings is 1. The van der Waals surface area contributed by atoms with E-state index in [2.05, 4.69) is 12.2 Å². The fourth-order valence-electron chi connectivity index (χ4n) is 2.13. The molecule has 2 unspecified atom stereocenters. The van der Waals surface area contributed by atoms with E-state index in [1.54, 1.807) is 17.8 Å². The Morgan fingerprint density at radius 3 is 3.00 bits per heavy atom. The van der Waals surface area contributed by atoms with Crippen LogP contribution in [0.2, 0.25) is 0 Å². The van der Waals surface area contributed by atoms with Crippen LogP contribution in [0.3, 0.4) is 0 Å². The fourth-order valence-corrected chi connectivity index (χ4v) is 3.18. The van der Waals surface area contributed by atoms with Gasteiger partial charge in [-0.1, -0.05) is 0 Å². The Labute approximate surface area is 118 Å². The summed E-state index contributed by atoms with van der Waals surface area (Å²) in [5.41, 5.74) is 8.21. The van der Waals surface area contributed by atoms with Crippen molar-refractivity contribution in [1.82, 2.24) is 0 Å². The average molecular weight is 280 g/mol. The molecule has 2 rings (SSSR count). The molecule has 0 spiro atoms. The molecule has 1 aliphatic rings. The number of rotatable bonds is 4. The van der Waals surface area contributed by atoms with Gasteiger partial charge in [-0.3, -0.25) is 4.79 Å². The van der Waals surface area contributed by atoms with Gasteiger partial charge in [0.15, 0.2) is 0 Å². The molecule has 2 atom stereocenters. The number of thioether (sulfide) groups is 1. The SMILES string of the molecule is Cc1cc(N)ccc1NC(=O)CSC1CCOC1C. The molecule has 0 saturated carbocycles. The Kier molecular flexibility index (Phi) is 4.71. The van der Waals surface area contributed by atoms with E-state index in [-0.39, 0.29) is 12.0 Å². The maximum atomic E-state index is 11.9. The molecule has 1 aromatic rings. The molecule has 1 heterocycles. The van der Waals surface area contributed by atoms with Gasteiger partial charge in [-0.25, -0.2) is 0 Å². The number of nitrogen functional groups attached to an aromatic ring is 1. The van der Waals surface area contributed by atoms with E-state index < -0.39 is 0 Å². The summed E-state index contributed by atoms with van der Waals surface area (Å²) in [7, 11) is 0. The van der Waals surface area contributed by atoms with Gasteiger partial charge >= 0.3 is 0 Å². The van der Waals surface area contributed by atoms with Crippen LogP contribution in [0.1, 0.15) is 18.9 Å². The second-order valence-electron chi connectivity index (χ2n) is 4.84. The van der Waals surface area contributed by atoms with E-state index in [9.17, 15) is 4.79 Å². The van der Waals surface area contributed by atoms with E-state index in [1.165, 1.54) is 0 Å². The number of anilines is 2.